The van der Waals surface area contributed by atoms with Crippen LogP contribution in [0.5, 0.6) is 0 Å². The van der Waals surface area contributed by atoms with Gasteiger partial charge in [-0.2, -0.15) is 12.6 Å². The van der Waals surface area contributed by atoms with Gasteiger partial charge < -0.3 is 15.7 Å². The number of carbonyl (C=O) groups excluding carboxylic acids is 2. The maximum absolute atomic E-state index is 10.8. The van der Waals surface area contributed by atoms with E-state index >= 15 is 0 Å². The molecule has 0 saturated carbocycles. The molecular weight excluding hydrogens is 294 g/mol. The van der Waals surface area contributed by atoms with Crippen LogP contribution in [0, 0.1) is 0 Å². The summed E-state index contributed by atoms with van der Waals surface area (Å²) >= 11 is 3.66. The number of aliphatic carboxylic acids is 1. The van der Waals surface area contributed by atoms with Gasteiger partial charge in [-0.15, -0.1) is 0 Å². The smallest absolute Gasteiger partial charge is 0.322 e. The van der Waals surface area contributed by atoms with Crippen LogP contribution in [0.2, 0.25) is 0 Å². The monoisotopic (exact) mass is 303 g/mol. The fourth-order valence-corrected chi connectivity index (χ4v) is 0.583. The Labute approximate surface area is 99.6 Å². The second-order valence-electron chi connectivity index (χ2n) is 2.11. The fourth-order valence-electron chi connectivity index (χ4n) is 0.471. The predicted molar refractivity (Wildman–Crippen MR) is 47.5 cm³/mol. The average Bonchev–Trinajstić information content (AvgIpc) is 2.10. The number of carbonyl (C=O) groups is 3. The first-order chi connectivity index (χ1) is 6.06. The molecule has 0 aliphatic rings. The topological polar surface area (TPSA) is 95.5 Å². The van der Waals surface area contributed by atoms with Crippen LogP contribution in [0.25, 0.3) is 0 Å². The number of nitrogens with one attached hydrogen (secondary N) is 2. The molecule has 81 valence electrons. The zero-order valence-corrected chi connectivity index (χ0v) is 9.87. The number of hydrogen-bond acceptors (Lipinski definition) is 4. The Morgan fingerprint density at radius 3 is 2.00 bits per heavy atom. The second kappa shape index (κ2) is 8.98. The van der Waals surface area contributed by atoms with E-state index in [2.05, 4.69) is 23.3 Å². The largest absolute Gasteiger partial charge is 0.480 e. The van der Waals surface area contributed by atoms with Crippen molar-refractivity contribution in [3.05, 3.63) is 0 Å². The summed E-state index contributed by atoms with van der Waals surface area (Å²) in [4.78, 5) is 31.3. The number of rotatable bonds is 5. The van der Waals surface area contributed by atoms with Crippen LogP contribution in [-0.2, 0) is 34.5 Å². The van der Waals surface area contributed by atoms with Crippen molar-refractivity contribution in [3.8, 4) is 0 Å². The van der Waals surface area contributed by atoms with Gasteiger partial charge in [0, 0.05) is 20.1 Å². The van der Waals surface area contributed by atoms with Crippen molar-refractivity contribution < 1.29 is 39.6 Å². The third-order valence-electron chi connectivity index (χ3n) is 1.03. The molecule has 0 bridgehead atoms. The van der Waals surface area contributed by atoms with Crippen molar-refractivity contribution >= 4 is 30.4 Å². The molecule has 0 unspecified atom stereocenters. The van der Waals surface area contributed by atoms with E-state index in [1.165, 1.54) is 0 Å². The normalized spacial score (nSPS) is 8.36. The summed E-state index contributed by atoms with van der Waals surface area (Å²) in [5, 5.41) is 12.5. The fraction of sp³-hybridized carbons (Fsp3) is 0.500. The minimum atomic E-state index is -1.13. The third-order valence-corrected chi connectivity index (χ3v) is 1.31. The minimum absolute atomic E-state index is 0. The van der Waals surface area contributed by atoms with Crippen molar-refractivity contribution in [1.29, 1.82) is 0 Å². The Morgan fingerprint density at radius 1 is 1.07 bits per heavy atom. The molecule has 0 aromatic heterocycles. The summed E-state index contributed by atoms with van der Waals surface area (Å²) in [6.07, 6.45) is 0. The second-order valence-corrected chi connectivity index (χ2v) is 2.42. The van der Waals surface area contributed by atoms with Gasteiger partial charge in [-0.25, -0.2) is 0 Å². The zero-order chi connectivity index (χ0) is 10.3. The van der Waals surface area contributed by atoms with Gasteiger partial charge in [0.25, 0.3) is 0 Å². The molecule has 0 saturated heterocycles. The predicted octanol–water partition coefficient (Wildman–Crippen LogP) is -1.77. The summed E-state index contributed by atoms with van der Waals surface area (Å²) in [5.74, 6) is -2.06. The number of amides is 2. The molecule has 0 spiro atoms. The Bertz CT molecular complexity index is 224. The van der Waals surface area contributed by atoms with Gasteiger partial charge in [0.05, 0.1) is 12.3 Å². The van der Waals surface area contributed by atoms with Gasteiger partial charge in [0.15, 0.2) is 0 Å². The molecule has 0 aromatic rings. The molecule has 2 amide bonds. The van der Waals surface area contributed by atoms with E-state index in [1.54, 1.807) is 0 Å². The van der Waals surface area contributed by atoms with Crippen molar-refractivity contribution in [2.45, 2.75) is 0 Å². The van der Waals surface area contributed by atoms with E-state index in [9.17, 15) is 14.4 Å². The van der Waals surface area contributed by atoms with Crippen molar-refractivity contribution in [1.82, 2.24) is 10.6 Å². The van der Waals surface area contributed by atoms with Crippen LogP contribution < -0.4 is 10.6 Å². The standard InChI is InChI=1S/C6H10N2O4S.Tc/c9-4(8-2-6(11)12)1-7-5(10)3-13;/h13H,1-3H2,(H,7,10)(H,8,9)(H,11,12);. The average molecular weight is 304 g/mol. The number of thiol groups is 1. The molecule has 14 heavy (non-hydrogen) atoms. The molecule has 0 atom stereocenters. The summed E-state index contributed by atoms with van der Waals surface area (Å²) < 4.78 is 0. The Hall–Kier alpha value is -0.591. The van der Waals surface area contributed by atoms with Crippen LogP contribution in [0.1, 0.15) is 0 Å². The number of carboxylic acid groups (broad SMARTS) is 1. The molecule has 3 N–H and O–H groups in total. The molecule has 0 aliphatic carbocycles. The minimum Gasteiger partial charge on any atom is -0.480 e. The van der Waals surface area contributed by atoms with Gasteiger partial charge in [-0.3, -0.25) is 14.4 Å². The molecule has 8 heteroatoms. The molecule has 0 rings (SSSR count). The summed E-state index contributed by atoms with van der Waals surface area (Å²) in [5.41, 5.74) is 0. The van der Waals surface area contributed by atoms with Gasteiger partial charge in [-0.1, -0.05) is 0 Å². The van der Waals surface area contributed by atoms with E-state index in [1.807, 2.05) is 0 Å². The van der Waals surface area contributed by atoms with E-state index < -0.39 is 18.4 Å². The van der Waals surface area contributed by atoms with Gasteiger partial charge in [0.2, 0.25) is 11.8 Å². The number of hydrogen-bond donors (Lipinski definition) is 4. The molecule has 0 aromatic carbocycles. The Kier molecular flexibility index (Phi) is 10.2. The van der Waals surface area contributed by atoms with Crippen LogP contribution in [-0.4, -0.2) is 41.7 Å². The molecule has 6 nitrogen and oxygen atoms in total. The Balaban J connectivity index is 0. The molecule has 0 fully saturated rings. The van der Waals surface area contributed by atoms with E-state index in [0.29, 0.717) is 0 Å². The zero-order valence-electron chi connectivity index (χ0n) is 7.12. The first-order valence-corrected chi connectivity index (χ1v) is 4.05. The molecule has 0 heterocycles. The van der Waals surface area contributed by atoms with E-state index in [0.717, 1.165) is 0 Å². The summed E-state index contributed by atoms with van der Waals surface area (Å²) in [6.45, 7) is -0.678. The summed E-state index contributed by atoms with van der Waals surface area (Å²) in [7, 11) is 0. The van der Waals surface area contributed by atoms with Crippen LogP contribution in [0.3, 0.4) is 0 Å². The SMILES string of the molecule is O=C(O)CNC(=O)CNC(=O)CS.[Tc]. The molecule has 1 radical (unpaired) electrons. The molecular formula is C6H10N2O4STc. The molecule has 0 aliphatic heterocycles. The van der Waals surface area contributed by atoms with Gasteiger partial charge in [0.1, 0.15) is 6.54 Å². The maximum Gasteiger partial charge on any atom is 0.322 e. The third kappa shape index (κ3) is 9.50. The van der Waals surface area contributed by atoms with Gasteiger partial charge in [-0.05, 0) is 0 Å². The van der Waals surface area contributed by atoms with Gasteiger partial charge >= 0.3 is 5.97 Å². The van der Waals surface area contributed by atoms with Crippen molar-refractivity contribution in [2.75, 3.05) is 18.8 Å². The quantitative estimate of drug-likeness (QED) is 0.452. The summed E-state index contributed by atoms with van der Waals surface area (Å²) in [6, 6.07) is 0. The first kappa shape index (κ1) is 15.9. The van der Waals surface area contributed by atoms with Crippen molar-refractivity contribution in [2.24, 2.45) is 0 Å². The first-order valence-electron chi connectivity index (χ1n) is 3.42. The maximum atomic E-state index is 10.8. The van der Waals surface area contributed by atoms with Crippen molar-refractivity contribution in [3.63, 3.8) is 0 Å². The van der Waals surface area contributed by atoms with E-state index in [-0.39, 0.29) is 38.3 Å². The van der Waals surface area contributed by atoms with E-state index in [4.69, 9.17) is 5.11 Å². The number of carboxylic acids is 1. The van der Waals surface area contributed by atoms with Crippen LogP contribution >= 0.6 is 12.6 Å². The Morgan fingerprint density at radius 2 is 1.57 bits per heavy atom. The van der Waals surface area contributed by atoms with Crippen LogP contribution in [0.4, 0.5) is 0 Å². The van der Waals surface area contributed by atoms with Crippen LogP contribution in [0.15, 0.2) is 0 Å².